The largest absolute Gasteiger partial charge is 0.468 e. The predicted molar refractivity (Wildman–Crippen MR) is 102 cm³/mol. The number of nitrogens with one attached hydrogen (secondary N) is 2. The number of carbonyl (C=O) groups excluding carboxylic acids is 1. The second kappa shape index (κ2) is 10.0. The van der Waals surface area contributed by atoms with Crippen LogP contribution in [-0.2, 0) is 21.4 Å². The van der Waals surface area contributed by atoms with Crippen molar-refractivity contribution in [1.29, 1.82) is 0 Å². The molecule has 0 unspecified atom stereocenters. The van der Waals surface area contributed by atoms with Gasteiger partial charge in [0.25, 0.3) is 0 Å². The molecular weight excluding hydrogens is 479 g/mol. The zero-order valence-corrected chi connectivity index (χ0v) is 17.3. The third-order valence-corrected chi connectivity index (χ3v) is 5.40. The Kier molecular flexibility index (Phi) is 7.99. The van der Waals surface area contributed by atoms with Crippen molar-refractivity contribution in [3.8, 4) is 5.88 Å². The quantitative estimate of drug-likeness (QED) is 0.557. The third kappa shape index (κ3) is 7.99. The molecule has 12 heteroatoms. The average Bonchev–Trinajstić information content (AvgIpc) is 2.64. The summed E-state index contributed by atoms with van der Waals surface area (Å²) in [6.07, 6.45) is -3.40. The van der Waals surface area contributed by atoms with E-state index in [1.807, 2.05) is 0 Å². The number of aromatic nitrogens is 1. The highest BCUT2D eigenvalue weighted by atomic mass is 79.9. The van der Waals surface area contributed by atoms with Crippen LogP contribution in [0.4, 0.5) is 13.2 Å². The van der Waals surface area contributed by atoms with E-state index in [4.69, 9.17) is 0 Å². The number of alkyl halides is 3. The molecule has 0 radical (unpaired) electrons. The molecule has 1 aromatic heterocycles. The molecule has 0 aliphatic rings. The first-order valence-electron chi connectivity index (χ1n) is 8.22. The van der Waals surface area contributed by atoms with Crippen LogP contribution in [0.15, 0.2) is 52.0 Å². The van der Waals surface area contributed by atoms with Gasteiger partial charge in [0.15, 0.2) is 6.61 Å². The maximum absolute atomic E-state index is 12.3. The van der Waals surface area contributed by atoms with Crippen molar-refractivity contribution in [2.24, 2.45) is 0 Å². The van der Waals surface area contributed by atoms with E-state index in [0.717, 1.165) is 0 Å². The number of hydrogen-bond donors (Lipinski definition) is 2. The van der Waals surface area contributed by atoms with Crippen LogP contribution in [0.2, 0.25) is 0 Å². The Morgan fingerprint density at radius 1 is 1.21 bits per heavy atom. The highest BCUT2D eigenvalue weighted by Gasteiger charge is 2.29. The van der Waals surface area contributed by atoms with Gasteiger partial charge in [-0.1, -0.05) is 28.1 Å². The summed E-state index contributed by atoms with van der Waals surface area (Å²) >= 11 is 3.18. The van der Waals surface area contributed by atoms with Crippen LogP contribution in [0.5, 0.6) is 5.88 Å². The maximum atomic E-state index is 12.3. The number of rotatable bonds is 9. The van der Waals surface area contributed by atoms with Gasteiger partial charge in [-0.25, -0.2) is 18.1 Å². The fraction of sp³-hybridized carbons (Fsp3) is 0.294. The third-order valence-electron chi connectivity index (χ3n) is 3.45. The van der Waals surface area contributed by atoms with Gasteiger partial charge in [0.05, 0.1) is 4.90 Å². The van der Waals surface area contributed by atoms with E-state index in [1.165, 1.54) is 30.5 Å². The summed E-state index contributed by atoms with van der Waals surface area (Å²) in [5.74, 6) is -0.729. The highest BCUT2D eigenvalue weighted by Crippen LogP contribution is 2.20. The highest BCUT2D eigenvalue weighted by molar-refractivity contribution is 9.10. The van der Waals surface area contributed by atoms with Gasteiger partial charge < -0.3 is 10.1 Å². The number of benzene rings is 1. The van der Waals surface area contributed by atoms with Crippen LogP contribution in [0.25, 0.3) is 0 Å². The molecule has 0 aliphatic heterocycles. The number of carbonyl (C=O) groups is 1. The van der Waals surface area contributed by atoms with Crippen LogP contribution in [0, 0.1) is 0 Å². The fourth-order valence-electron chi connectivity index (χ4n) is 2.14. The Hall–Kier alpha value is -2.18. The molecule has 0 spiro atoms. The molecule has 0 saturated heterocycles. The van der Waals surface area contributed by atoms with Crippen molar-refractivity contribution in [1.82, 2.24) is 15.0 Å². The minimum Gasteiger partial charge on any atom is -0.468 e. The lowest BCUT2D eigenvalue weighted by molar-refractivity contribution is -0.154. The second-order valence-electron chi connectivity index (χ2n) is 5.75. The molecule has 1 heterocycles. The lowest BCUT2D eigenvalue weighted by Gasteiger charge is -2.12. The lowest BCUT2D eigenvalue weighted by Crippen LogP contribution is -2.30. The topological polar surface area (TPSA) is 97.4 Å². The van der Waals surface area contributed by atoms with Crippen LogP contribution in [0.3, 0.4) is 0 Å². The van der Waals surface area contributed by atoms with Crippen molar-refractivity contribution in [3.63, 3.8) is 0 Å². The fourth-order valence-corrected chi connectivity index (χ4v) is 3.77. The predicted octanol–water partition coefficient (Wildman–Crippen LogP) is 2.77. The molecule has 0 fully saturated rings. The number of halogens is 4. The monoisotopic (exact) mass is 495 g/mol. The Bertz CT molecular complexity index is 955. The summed E-state index contributed by atoms with van der Waals surface area (Å²) in [6.45, 7) is -1.76. The Morgan fingerprint density at radius 2 is 1.97 bits per heavy atom. The Morgan fingerprint density at radius 3 is 2.66 bits per heavy atom. The van der Waals surface area contributed by atoms with Gasteiger partial charge >= 0.3 is 6.18 Å². The van der Waals surface area contributed by atoms with E-state index in [-0.39, 0.29) is 35.8 Å². The summed E-state index contributed by atoms with van der Waals surface area (Å²) < 4.78 is 68.7. The summed E-state index contributed by atoms with van der Waals surface area (Å²) in [7, 11) is -3.77. The first-order valence-corrected chi connectivity index (χ1v) is 10.5. The Balaban J connectivity index is 1.83. The van der Waals surface area contributed by atoms with Crippen LogP contribution in [-0.4, -0.2) is 38.6 Å². The van der Waals surface area contributed by atoms with Crippen molar-refractivity contribution in [3.05, 3.63) is 52.6 Å². The molecule has 1 amide bonds. The van der Waals surface area contributed by atoms with Gasteiger partial charge in [0, 0.05) is 35.7 Å². The van der Waals surface area contributed by atoms with Crippen LogP contribution in [0.1, 0.15) is 12.0 Å². The van der Waals surface area contributed by atoms with Crippen molar-refractivity contribution in [2.75, 3.05) is 13.2 Å². The Labute approximate surface area is 173 Å². The molecule has 2 N–H and O–H groups in total. The number of nitrogens with zero attached hydrogens (tertiary/aromatic N) is 1. The van der Waals surface area contributed by atoms with E-state index in [2.05, 4.69) is 35.7 Å². The SMILES string of the molecule is O=C(CCNS(=O)(=O)c1cccc(Br)c1)NCc1cccnc1OCC(F)(F)F. The molecule has 158 valence electrons. The van der Waals surface area contributed by atoms with E-state index < -0.39 is 28.7 Å². The summed E-state index contributed by atoms with van der Waals surface area (Å²) in [5.41, 5.74) is 0.264. The van der Waals surface area contributed by atoms with Gasteiger partial charge in [-0.3, -0.25) is 4.79 Å². The maximum Gasteiger partial charge on any atom is 0.422 e. The van der Waals surface area contributed by atoms with E-state index >= 15 is 0 Å². The van der Waals surface area contributed by atoms with E-state index in [1.54, 1.807) is 12.1 Å². The summed E-state index contributed by atoms with van der Waals surface area (Å²) in [5, 5.41) is 2.49. The zero-order chi connectivity index (χ0) is 21.5. The second-order valence-corrected chi connectivity index (χ2v) is 8.44. The first-order chi connectivity index (χ1) is 13.6. The molecule has 0 atom stereocenters. The van der Waals surface area contributed by atoms with E-state index in [0.29, 0.717) is 4.47 Å². The van der Waals surface area contributed by atoms with E-state index in [9.17, 15) is 26.4 Å². The average molecular weight is 496 g/mol. The van der Waals surface area contributed by atoms with Gasteiger partial charge in [-0.05, 0) is 24.3 Å². The van der Waals surface area contributed by atoms with Gasteiger partial charge in [-0.15, -0.1) is 0 Å². The molecule has 29 heavy (non-hydrogen) atoms. The van der Waals surface area contributed by atoms with Crippen LogP contribution >= 0.6 is 15.9 Å². The van der Waals surface area contributed by atoms with Crippen molar-refractivity contribution < 1.29 is 31.1 Å². The molecule has 7 nitrogen and oxygen atoms in total. The first kappa shape index (κ1) is 23.1. The number of ether oxygens (including phenoxy) is 1. The van der Waals surface area contributed by atoms with Crippen molar-refractivity contribution in [2.45, 2.75) is 24.0 Å². The van der Waals surface area contributed by atoms with Gasteiger partial charge in [-0.2, -0.15) is 13.2 Å². The van der Waals surface area contributed by atoms with Crippen LogP contribution < -0.4 is 14.8 Å². The number of hydrogen-bond acceptors (Lipinski definition) is 5. The smallest absolute Gasteiger partial charge is 0.422 e. The summed E-state index contributed by atoms with van der Waals surface area (Å²) in [6, 6.07) is 9.05. The molecular formula is C17H17BrF3N3O4S. The molecule has 0 saturated carbocycles. The molecule has 2 rings (SSSR count). The molecule has 0 bridgehead atoms. The van der Waals surface area contributed by atoms with Gasteiger partial charge in [0.1, 0.15) is 0 Å². The number of pyridine rings is 1. The molecule has 0 aliphatic carbocycles. The number of amides is 1. The lowest BCUT2D eigenvalue weighted by atomic mass is 10.2. The standard InChI is InChI=1S/C17H17BrF3N3O4S/c18-13-4-1-5-14(9-13)29(26,27)24-8-6-15(25)23-10-12-3-2-7-22-16(12)28-11-17(19,20)21/h1-5,7,9,24H,6,8,10-11H2,(H,23,25). The van der Waals surface area contributed by atoms with Gasteiger partial charge in [0.2, 0.25) is 21.8 Å². The normalized spacial score (nSPS) is 11.9. The number of sulfonamides is 1. The molecule has 2 aromatic rings. The zero-order valence-electron chi connectivity index (χ0n) is 14.9. The minimum atomic E-state index is -4.51. The minimum absolute atomic E-state index is 0.0501. The molecule has 1 aromatic carbocycles. The van der Waals surface area contributed by atoms with Crippen molar-refractivity contribution >= 4 is 31.9 Å². The summed E-state index contributed by atoms with van der Waals surface area (Å²) in [4.78, 5) is 15.7.